The Morgan fingerprint density at radius 3 is 2.30 bits per heavy atom. The maximum atomic E-state index is 12.7. The molecule has 0 N–H and O–H groups in total. The fourth-order valence-corrected chi connectivity index (χ4v) is 4.03. The first kappa shape index (κ1) is 16.7. The summed E-state index contributed by atoms with van der Waals surface area (Å²) >= 11 is 0. The molecule has 0 unspecified atom stereocenters. The molecule has 23 heavy (non-hydrogen) atoms. The van der Waals surface area contributed by atoms with Crippen molar-refractivity contribution >= 4 is 5.91 Å². The van der Waals surface area contributed by atoms with Gasteiger partial charge in [-0.15, -0.1) is 0 Å². The minimum atomic E-state index is -0.593. The number of likely N-dealkylation sites (N-methyl/N-ethyl adjacent to an activating group) is 1. The van der Waals surface area contributed by atoms with Gasteiger partial charge in [0, 0.05) is 33.0 Å². The van der Waals surface area contributed by atoms with Crippen LogP contribution in [-0.2, 0) is 14.3 Å². The first-order valence-corrected chi connectivity index (χ1v) is 8.77. The van der Waals surface area contributed by atoms with Crippen molar-refractivity contribution in [2.45, 2.75) is 56.3 Å². The van der Waals surface area contributed by atoms with Crippen LogP contribution < -0.4 is 0 Å². The van der Waals surface area contributed by atoms with E-state index in [1.165, 1.54) is 6.42 Å². The second-order valence-electron chi connectivity index (χ2n) is 7.04. The highest BCUT2D eigenvalue weighted by Crippen LogP contribution is 2.33. The van der Waals surface area contributed by atoms with Gasteiger partial charge in [0.05, 0.1) is 25.8 Å². The maximum Gasteiger partial charge on any atom is 0.237 e. The Hall–Kier alpha value is -1.16. The largest absolute Gasteiger partial charge is 0.347 e. The number of carbonyl (C=O) groups excluding carboxylic acids is 1. The van der Waals surface area contributed by atoms with E-state index < -0.39 is 11.3 Å². The van der Waals surface area contributed by atoms with Gasteiger partial charge in [0.25, 0.3) is 0 Å². The Balaban J connectivity index is 1.54. The Labute approximate surface area is 138 Å². The van der Waals surface area contributed by atoms with Gasteiger partial charge in [-0.2, -0.15) is 5.26 Å². The normalized spacial score (nSPS) is 26.8. The van der Waals surface area contributed by atoms with Gasteiger partial charge in [-0.25, -0.2) is 0 Å². The number of hydrogen-bond acceptors (Lipinski definition) is 5. The van der Waals surface area contributed by atoms with Crippen molar-refractivity contribution in [2.75, 3.05) is 39.9 Å². The number of piperidine rings is 1. The van der Waals surface area contributed by atoms with Gasteiger partial charge < -0.3 is 14.4 Å². The standard InChI is InChI=1S/C17H27N3O3/c1-19(16(14-18)5-3-2-4-6-16)15(21)13-20-9-7-17(8-10-20)22-11-12-23-17/h2-13H2,1H3. The second-order valence-corrected chi connectivity index (χ2v) is 7.04. The van der Waals surface area contributed by atoms with E-state index >= 15 is 0 Å². The lowest BCUT2D eigenvalue weighted by molar-refractivity contribution is -0.186. The zero-order valence-electron chi connectivity index (χ0n) is 14.1. The van der Waals surface area contributed by atoms with Crippen molar-refractivity contribution in [2.24, 2.45) is 0 Å². The number of amides is 1. The average Bonchev–Trinajstić information content (AvgIpc) is 3.05. The van der Waals surface area contributed by atoms with Crippen LogP contribution in [0.5, 0.6) is 0 Å². The number of nitriles is 1. The van der Waals surface area contributed by atoms with Gasteiger partial charge >= 0.3 is 0 Å². The summed E-state index contributed by atoms with van der Waals surface area (Å²) in [6, 6.07) is 2.42. The number of nitrogens with zero attached hydrogens (tertiary/aromatic N) is 3. The third-order valence-electron chi connectivity index (χ3n) is 5.70. The average molecular weight is 321 g/mol. The third-order valence-corrected chi connectivity index (χ3v) is 5.70. The van der Waals surface area contributed by atoms with Crippen molar-refractivity contribution in [3.05, 3.63) is 0 Å². The van der Waals surface area contributed by atoms with Crippen LogP contribution in [0.1, 0.15) is 44.9 Å². The van der Waals surface area contributed by atoms with Crippen LogP contribution in [0.25, 0.3) is 0 Å². The minimum absolute atomic E-state index is 0.0534. The number of rotatable bonds is 3. The Morgan fingerprint density at radius 2 is 1.74 bits per heavy atom. The number of likely N-dealkylation sites (tertiary alicyclic amines) is 1. The van der Waals surface area contributed by atoms with Crippen molar-refractivity contribution in [1.29, 1.82) is 5.26 Å². The second kappa shape index (κ2) is 6.76. The monoisotopic (exact) mass is 321 g/mol. The molecule has 0 bridgehead atoms. The van der Waals surface area contributed by atoms with Crippen LogP contribution >= 0.6 is 0 Å². The van der Waals surface area contributed by atoms with E-state index in [-0.39, 0.29) is 5.91 Å². The van der Waals surface area contributed by atoms with Crippen LogP contribution in [0.4, 0.5) is 0 Å². The molecule has 2 heterocycles. The molecule has 3 aliphatic rings. The zero-order valence-corrected chi connectivity index (χ0v) is 14.1. The van der Waals surface area contributed by atoms with Crippen LogP contribution in [0.2, 0.25) is 0 Å². The van der Waals surface area contributed by atoms with Crippen LogP contribution in [-0.4, -0.2) is 66.9 Å². The molecule has 1 spiro atoms. The Kier molecular flexibility index (Phi) is 4.90. The van der Waals surface area contributed by atoms with E-state index in [1.807, 2.05) is 0 Å². The van der Waals surface area contributed by atoms with Gasteiger partial charge in [0.15, 0.2) is 5.79 Å². The Morgan fingerprint density at radius 1 is 1.13 bits per heavy atom. The lowest BCUT2D eigenvalue weighted by Gasteiger charge is -2.41. The highest BCUT2D eigenvalue weighted by atomic mass is 16.7. The first-order valence-electron chi connectivity index (χ1n) is 8.77. The molecular weight excluding hydrogens is 294 g/mol. The van der Waals surface area contributed by atoms with Crippen LogP contribution in [0.15, 0.2) is 0 Å². The molecule has 3 rings (SSSR count). The molecule has 1 saturated carbocycles. The molecule has 0 radical (unpaired) electrons. The molecule has 0 aromatic rings. The van der Waals surface area contributed by atoms with Gasteiger partial charge in [-0.05, 0) is 12.8 Å². The molecule has 1 aliphatic carbocycles. The molecule has 2 aliphatic heterocycles. The number of hydrogen-bond donors (Lipinski definition) is 0. The smallest absolute Gasteiger partial charge is 0.237 e. The van der Waals surface area contributed by atoms with Crippen LogP contribution in [0.3, 0.4) is 0 Å². The summed E-state index contributed by atoms with van der Waals surface area (Å²) in [6.07, 6.45) is 6.46. The molecule has 3 fully saturated rings. The van der Waals surface area contributed by atoms with E-state index in [0.717, 1.165) is 51.6 Å². The maximum absolute atomic E-state index is 12.7. The Bertz CT molecular complexity index is 466. The zero-order chi connectivity index (χ0) is 16.3. The highest BCUT2D eigenvalue weighted by molar-refractivity contribution is 5.79. The van der Waals surface area contributed by atoms with E-state index in [2.05, 4.69) is 11.0 Å². The van der Waals surface area contributed by atoms with Gasteiger partial charge in [0.2, 0.25) is 5.91 Å². The molecular formula is C17H27N3O3. The van der Waals surface area contributed by atoms with E-state index in [0.29, 0.717) is 19.8 Å². The van der Waals surface area contributed by atoms with Gasteiger partial charge in [0.1, 0.15) is 5.54 Å². The van der Waals surface area contributed by atoms with Crippen LogP contribution in [0, 0.1) is 11.3 Å². The topological polar surface area (TPSA) is 65.8 Å². The fourth-order valence-electron chi connectivity index (χ4n) is 4.03. The molecule has 2 saturated heterocycles. The van der Waals surface area contributed by atoms with Crippen molar-refractivity contribution < 1.29 is 14.3 Å². The summed E-state index contributed by atoms with van der Waals surface area (Å²) in [6.45, 7) is 3.34. The van der Waals surface area contributed by atoms with Crippen molar-refractivity contribution in [3.63, 3.8) is 0 Å². The van der Waals surface area contributed by atoms with Gasteiger partial charge in [-0.1, -0.05) is 19.3 Å². The van der Waals surface area contributed by atoms with E-state index in [4.69, 9.17) is 9.47 Å². The molecule has 1 amide bonds. The summed E-state index contributed by atoms with van der Waals surface area (Å²) in [5, 5.41) is 9.62. The summed E-state index contributed by atoms with van der Waals surface area (Å²) in [5.41, 5.74) is -0.593. The lowest BCUT2D eigenvalue weighted by Crippen LogP contribution is -2.54. The highest BCUT2D eigenvalue weighted by Gasteiger charge is 2.42. The molecule has 128 valence electrons. The summed E-state index contributed by atoms with van der Waals surface area (Å²) in [7, 11) is 1.80. The molecule has 0 aromatic carbocycles. The molecule has 0 aromatic heterocycles. The number of ether oxygens (including phenoxy) is 2. The molecule has 0 atom stereocenters. The third kappa shape index (κ3) is 3.37. The minimum Gasteiger partial charge on any atom is -0.347 e. The van der Waals surface area contributed by atoms with Gasteiger partial charge in [-0.3, -0.25) is 9.69 Å². The fraction of sp³-hybridized carbons (Fsp3) is 0.882. The predicted octanol–water partition coefficient (Wildman–Crippen LogP) is 1.51. The molecule has 6 heteroatoms. The summed E-state index contributed by atoms with van der Waals surface area (Å²) in [5.74, 6) is -0.347. The first-order chi connectivity index (χ1) is 11.1. The van der Waals surface area contributed by atoms with E-state index in [1.54, 1.807) is 11.9 Å². The number of carbonyl (C=O) groups is 1. The lowest BCUT2D eigenvalue weighted by atomic mass is 9.81. The van der Waals surface area contributed by atoms with Crippen molar-refractivity contribution in [1.82, 2.24) is 9.80 Å². The quantitative estimate of drug-likeness (QED) is 0.788. The van der Waals surface area contributed by atoms with E-state index in [9.17, 15) is 10.1 Å². The SMILES string of the molecule is CN(C(=O)CN1CCC2(CC1)OCCO2)C1(C#N)CCCCC1. The summed E-state index contributed by atoms with van der Waals surface area (Å²) < 4.78 is 11.4. The summed E-state index contributed by atoms with van der Waals surface area (Å²) in [4.78, 5) is 16.5. The molecule has 6 nitrogen and oxygen atoms in total. The predicted molar refractivity (Wildman–Crippen MR) is 84.5 cm³/mol. The van der Waals surface area contributed by atoms with Crippen molar-refractivity contribution in [3.8, 4) is 6.07 Å².